The van der Waals surface area contributed by atoms with Gasteiger partial charge in [0.1, 0.15) is 6.17 Å². The number of hydrogen-bond donors (Lipinski definition) is 0. The standard InChI is InChI=1S/C38H76N2/c1-4-7-10-13-15-17-18-19-20-21-22-23-24-25-27-29-32-35-40-37-36-39(38(40)33-30-12-9-6-3)34-31-28-26-16-14-11-8-5-2/h36-38H,4-35H2,1-3H3. The quantitative estimate of drug-likeness (QED) is 0.0755. The zero-order valence-electron chi connectivity index (χ0n) is 28.3. The Morgan fingerprint density at radius 2 is 0.575 bits per heavy atom. The second-order valence-electron chi connectivity index (χ2n) is 13.2. The monoisotopic (exact) mass is 561 g/mol. The molecule has 1 rings (SSSR count). The van der Waals surface area contributed by atoms with Crippen LogP contribution in [0.15, 0.2) is 12.4 Å². The predicted octanol–water partition coefficient (Wildman–Crippen LogP) is 13.2. The van der Waals surface area contributed by atoms with E-state index in [-0.39, 0.29) is 0 Å². The molecule has 1 aliphatic rings. The molecule has 0 amide bonds. The first-order valence-electron chi connectivity index (χ1n) is 19.0. The van der Waals surface area contributed by atoms with E-state index in [0.717, 1.165) is 0 Å². The van der Waals surface area contributed by atoms with Crippen LogP contribution in [0.5, 0.6) is 0 Å². The molecule has 0 aromatic rings. The summed E-state index contributed by atoms with van der Waals surface area (Å²) >= 11 is 0. The number of rotatable bonds is 32. The van der Waals surface area contributed by atoms with Crippen molar-refractivity contribution in [3.63, 3.8) is 0 Å². The van der Waals surface area contributed by atoms with Gasteiger partial charge in [0, 0.05) is 25.5 Å². The van der Waals surface area contributed by atoms with Gasteiger partial charge >= 0.3 is 0 Å². The largest absolute Gasteiger partial charge is 0.356 e. The van der Waals surface area contributed by atoms with Crippen LogP contribution >= 0.6 is 0 Å². The number of unbranched alkanes of at least 4 members (excludes halogenated alkanes) is 26. The zero-order valence-corrected chi connectivity index (χ0v) is 28.3. The Hall–Kier alpha value is -0.660. The third-order valence-corrected chi connectivity index (χ3v) is 9.32. The van der Waals surface area contributed by atoms with Gasteiger partial charge in [-0.15, -0.1) is 0 Å². The molecule has 0 aromatic carbocycles. The Morgan fingerprint density at radius 1 is 0.325 bits per heavy atom. The molecule has 0 bridgehead atoms. The fourth-order valence-electron chi connectivity index (χ4n) is 6.54. The van der Waals surface area contributed by atoms with Crippen molar-refractivity contribution < 1.29 is 0 Å². The summed E-state index contributed by atoms with van der Waals surface area (Å²) in [5.41, 5.74) is 0. The van der Waals surface area contributed by atoms with E-state index in [1.807, 2.05) is 0 Å². The minimum Gasteiger partial charge on any atom is -0.356 e. The lowest BCUT2D eigenvalue weighted by Crippen LogP contribution is -2.39. The maximum atomic E-state index is 2.70. The van der Waals surface area contributed by atoms with Crippen molar-refractivity contribution in [2.45, 2.75) is 220 Å². The summed E-state index contributed by atoms with van der Waals surface area (Å²) in [7, 11) is 0. The average molecular weight is 561 g/mol. The molecule has 2 nitrogen and oxygen atoms in total. The van der Waals surface area contributed by atoms with Crippen molar-refractivity contribution >= 4 is 0 Å². The molecule has 0 radical (unpaired) electrons. The van der Waals surface area contributed by atoms with Gasteiger partial charge in [-0.3, -0.25) is 0 Å². The molecule has 1 heterocycles. The molecular weight excluding hydrogens is 484 g/mol. The third-order valence-electron chi connectivity index (χ3n) is 9.32. The van der Waals surface area contributed by atoms with Crippen molar-refractivity contribution in [2.75, 3.05) is 13.1 Å². The summed E-state index contributed by atoms with van der Waals surface area (Å²) in [5.74, 6) is 0. The van der Waals surface area contributed by atoms with E-state index in [4.69, 9.17) is 0 Å². The maximum absolute atomic E-state index is 2.70. The molecule has 2 heteroatoms. The van der Waals surface area contributed by atoms with E-state index in [0.29, 0.717) is 6.17 Å². The van der Waals surface area contributed by atoms with Crippen LogP contribution in [0.1, 0.15) is 213 Å². The molecule has 0 aromatic heterocycles. The van der Waals surface area contributed by atoms with Gasteiger partial charge < -0.3 is 9.80 Å². The molecule has 238 valence electrons. The minimum atomic E-state index is 0.641. The van der Waals surface area contributed by atoms with Crippen LogP contribution in [0.25, 0.3) is 0 Å². The van der Waals surface area contributed by atoms with E-state index in [1.54, 1.807) is 0 Å². The van der Waals surface area contributed by atoms with E-state index in [1.165, 1.54) is 206 Å². The van der Waals surface area contributed by atoms with Crippen LogP contribution < -0.4 is 0 Å². The zero-order chi connectivity index (χ0) is 28.8. The van der Waals surface area contributed by atoms with Gasteiger partial charge in [0.05, 0.1) is 0 Å². The molecular formula is C38H76N2. The van der Waals surface area contributed by atoms with Crippen LogP contribution in [-0.2, 0) is 0 Å². The normalized spacial score (nSPS) is 15.1. The summed E-state index contributed by atoms with van der Waals surface area (Å²) in [6, 6.07) is 0. The van der Waals surface area contributed by atoms with E-state index in [9.17, 15) is 0 Å². The molecule has 0 saturated carbocycles. The van der Waals surface area contributed by atoms with Gasteiger partial charge in [-0.1, -0.05) is 188 Å². The van der Waals surface area contributed by atoms with Crippen LogP contribution in [0, 0.1) is 0 Å². The van der Waals surface area contributed by atoms with Crippen LogP contribution in [0.4, 0.5) is 0 Å². The van der Waals surface area contributed by atoms with Crippen LogP contribution in [0.3, 0.4) is 0 Å². The van der Waals surface area contributed by atoms with Crippen molar-refractivity contribution in [3.8, 4) is 0 Å². The van der Waals surface area contributed by atoms with Crippen molar-refractivity contribution in [2.24, 2.45) is 0 Å². The van der Waals surface area contributed by atoms with Gasteiger partial charge in [-0.05, 0) is 25.7 Å². The SMILES string of the molecule is CCCCCCCCCCCCCCCCCCCN1C=CN(CCCCCCCCCC)C1CCCCCC. The minimum absolute atomic E-state index is 0.641. The predicted molar refractivity (Wildman–Crippen MR) is 182 cm³/mol. The Morgan fingerprint density at radius 3 is 0.875 bits per heavy atom. The lowest BCUT2D eigenvalue weighted by molar-refractivity contribution is 0.135. The summed E-state index contributed by atoms with van der Waals surface area (Å²) in [6.07, 6.45) is 48.5. The third kappa shape index (κ3) is 22.0. The highest BCUT2D eigenvalue weighted by Crippen LogP contribution is 2.24. The van der Waals surface area contributed by atoms with Gasteiger partial charge in [0.25, 0.3) is 0 Å². The van der Waals surface area contributed by atoms with Crippen LogP contribution in [0.2, 0.25) is 0 Å². The molecule has 0 aliphatic carbocycles. The number of hydrogen-bond acceptors (Lipinski definition) is 2. The van der Waals surface area contributed by atoms with Crippen molar-refractivity contribution in [3.05, 3.63) is 12.4 Å². The summed E-state index contributed by atoms with van der Waals surface area (Å²) in [5, 5.41) is 0. The van der Waals surface area contributed by atoms with E-state index in [2.05, 4.69) is 43.0 Å². The second-order valence-corrected chi connectivity index (χ2v) is 13.2. The van der Waals surface area contributed by atoms with Gasteiger partial charge in [-0.25, -0.2) is 0 Å². The highest BCUT2D eigenvalue weighted by Gasteiger charge is 2.24. The Labute approximate surface area is 254 Å². The molecule has 0 saturated heterocycles. The molecule has 0 spiro atoms. The average Bonchev–Trinajstić information content (AvgIpc) is 3.35. The Bertz CT molecular complexity index is 516. The molecule has 1 aliphatic heterocycles. The molecule has 40 heavy (non-hydrogen) atoms. The molecule has 0 fully saturated rings. The van der Waals surface area contributed by atoms with Crippen LogP contribution in [-0.4, -0.2) is 29.1 Å². The van der Waals surface area contributed by atoms with Gasteiger partial charge in [0.15, 0.2) is 0 Å². The fourth-order valence-corrected chi connectivity index (χ4v) is 6.54. The van der Waals surface area contributed by atoms with Crippen molar-refractivity contribution in [1.82, 2.24) is 9.80 Å². The second kappa shape index (κ2) is 29.8. The summed E-state index contributed by atoms with van der Waals surface area (Å²) in [6.45, 7) is 9.48. The highest BCUT2D eigenvalue weighted by atomic mass is 15.4. The summed E-state index contributed by atoms with van der Waals surface area (Å²) < 4.78 is 0. The van der Waals surface area contributed by atoms with E-state index < -0.39 is 0 Å². The first kappa shape index (κ1) is 37.4. The van der Waals surface area contributed by atoms with Gasteiger partial charge in [0.2, 0.25) is 0 Å². The van der Waals surface area contributed by atoms with Gasteiger partial charge in [-0.2, -0.15) is 0 Å². The van der Waals surface area contributed by atoms with Crippen molar-refractivity contribution in [1.29, 1.82) is 0 Å². The number of nitrogens with zero attached hydrogens (tertiary/aromatic N) is 2. The smallest absolute Gasteiger partial charge is 0.101 e. The first-order valence-corrected chi connectivity index (χ1v) is 19.0. The summed E-state index contributed by atoms with van der Waals surface area (Å²) in [4.78, 5) is 5.39. The lowest BCUT2D eigenvalue weighted by Gasteiger charge is -2.33. The fraction of sp³-hybridized carbons (Fsp3) is 0.947. The maximum Gasteiger partial charge on any atom is 0.101 e. The Kier molecular flexibility index (Phi) is 27.9. The Balaban J connectivity index is 2.05. The van der Waals surface area contributed by atoms with E-state index >= 15 is 0 Å². The molecule has 1 unspecified atom stereocenters. The first-order chi connectivity index (χ1) is 19.8. The molecule has 0 N–H and O–H groups in total. The topological polar surface area (TPSA) is 6.48 Å². The highest BCUT2D eigenvalue weighted by molar-refractivity contribution is 4.97. The molecule has 1 atom stereocenters. The lowest BCUT2D eigenvalue weighted by atomic mass is 10.0.